The number of rotatable bonds is 4. The molecule has 26 heavy (non-hydrogen) atoms. The molecule has 3 rings (SSSR count). The van der Waals surface area contributed by atoms with E-state index in [2.05, 4.69) is 53.2 Å². The van der Waals surface area contributed by atoms with Crippen LogP contribution in [-0.4, -0.2) is 24.0 Å². The Labute approximate surface area is 153 Å². The molecule has 0 spiro atoms. The van der Waals surface area contributed by atoms with Crippen LogP contribution in [0.25, 0.3) is 22.3 Å². The maximum atomic E-state index is 10.8. The van der Waals surface area contributed by atoms with Crippen LogP contribution in [0.4, 0.5) is 11.5 Å². The molecule has 5 heteroatoms. The molecule has 0 radical (unpaired) electrons. The molecule has 5 nitrogen and oxygen atoms in total. The zero-order chi connectivity index (χ0) is 18.8. The third kappa shape index (κ3) is 3.42. The number of benzene rings is 2. The van der Waals surface area contributed by atoms with Gasteiger partial charge in [-0.15, -0.1) is 0 Å². The molecule has 0 amide bonds. The average Bonchev–Trinajstić information content (AvgIpc) is 2.63. The van der Waals surface area contributed by atoms with Crippen molar-refractivity contribution in [2.45, 2.75) is 13.8 Å². The van der Waals surface area contributed by atoms with Crippen LogP contribution in [-0.2, 0) is 0 Å². The van der Waals surface area contributed by atoms with Crippen LogP contribution in [0.15, 0.2) is 54.7 Å². The topological polar surface area (TPSA) is 59.3 Å². The van der Waals surface area contributed by atoms with Crippen LogP contribution in [0.2, 0.25) is 0 Å². The monoisotopic (exact) mass is 347 g/mol. The lowest BCUT2D eigenvalue weighted by Crippen LogP contribution is -2.07. The maximum absolute atomic E-state index is 10.8. The Kier molecular flexibility index (Phi) is 4.71. The molecule has 3 aromatic rings. The maximum Gasteiger partial charge on any atom is 0.363 e. The summed E-state index contributed by atoms with van der Waals surface area (Å²) in [5.74, 6) is -0.138. The van der Waals surface area contributed by atoms with Gasteiger partial charge in [0, 0.05) is 31.4 Å². The molecule has 0 bridgehead atoms. The first kappa shape index (κ1) is 17.6. The van der Waals surface area contributed by atoms with E-state index in [1.807, 2.05) is 21.0 Å². The summed E-state index contributed by atoms with van der Waals surface area (Å²) >= 11 is 0. The Morgan fingerprint density at radius 3 is 1.88 bits per heavy atom. The third-order valence-electron chi connectivity index (χ3n) is 4.51. The molecular weight excluding hydrogens is 326 g/mol. The van der Waals surface area contributed by atoms with Gasteiger partial charge in [-0.05, 0) is 69.8 Å². The molecule has 0 N–H and O–H groups in total. The van der Waals surface area contributed by atoms with Crippen LogP contribution >= 0.6 is 0 Å². The Morgan fingerprint density at radius 2 is 1.42 bits per heavy atom. The lowest BCUT2D eigenvalue weighted by atomic mass is 9.92. The van der Waals surface area contributed by atoms with Gasteiger partial charge in [0.05, 0.1) is 0 Å². The summed E-state index contributed by atoms with van der Waals surface area (Å²) < 4.78 is 0. The minimum atomic E-state index is -0.484. The fraction of sp³-hybridized carbons (Fsp3) is 0.190. The molecule has 0 saturated carbocycles. The molecule has 132 valence electrons. The van der Waals surface area contributed by atoms with E-state index in [-0.39, 0.29) is 5.82 Å². The minimum absolute atomic E-state index is 0.138. The second-order valence-corrected chi connectivity index (χ2v) is 6.59. The number of nitrogens with zero attached hydrogens (tertiary/aromatic N) is 3. The number of nitro groups is 1. The van der Waals surface area contributed by atoms with E-state index < -0.39 is 4.92 Å². The normalized spacial score (nSPS) is 10.6. The Morgan fingerprint density at radius 1 is 0.885 bits per heavy atom. The summed E-state index contributed by atoms with van der Waals surface area (Å²) in [5, 5.41) is 10.8. The van der Waals surface area contributed by atoms with Gasteiger partial charge in [0.15, 0.2) is 0 Å². The first-order valence-corrected chi connectivity index (χ1v) is 8.36. The van der Waals surface area contributed by atoms with Gasteiger partial charge in [0.1, 0.15) is 6.20 Å². The zero-order valence-electron chi connectivity index (χ0n) is 15.4. The van der Waals surface area contributed by atoms with Crippen molar-refractivity contribution >= 4 is 11.5 Å². The number of pyridine rings is 1. The molecule has 0 unspecified atom stereocenters. The predicted molar refractivity (Wildman–Crippen MR) is 106 cm³/mol. The lowest BCUT2D eigenvalue weighted by molar-refractivity contribution is -0.389. The summed E-state index contributed by atoms with van der Waals surface area (Å²) in [6.45, 7) is 4.13. The Hall–Kier alpha value is -3.21. The zero-order valence-corrected chi connectivity index (χ0v) is 15.4. The molecule has 0 saturated heterocycles. The van der Waals surface area contributed by atoms with Crippen LogP contribution in [0.3, 0.4) is 0 Å². The van der Waals surface area contributed by atoms with Crippen LogP contribution < -0.4 is 4.90 Å². The van der Waals surface area contributed by atoms with E-state index in [0.29, 0.717) is 0 Å². The summed E-state index contributed by atoms with van der Waals surface area (Å²) in [6.07, 6.45) is 1.56. The summed E-state index contributed by atoms with van der Waals surface area (Å²) in [6, 6.07) is 15.9. The number of hydrogen-bond donors (Lipinski definition) is 0. The highest BCUT2D eigenvalue weighted by Crippen LogP contribution is 2.32. The molecule has 1 aromatic heterocycles. The first-order valence-electron chi connectivity index (χ1n) is 8.36. The second-order valence-electron chi connectivity index (χ2n) is 6.59. The number of aryl methyl sites for hydroxylation is 2. The van der Waals surface area contributed by atoms with E-state index in [9.17, 15) is 10.1 Å². The van der Waals surface area contributed by atoms with Gasteiger partial charge >= 0.3 is 5.82 Å². The van der Waals surface area contributed by atoms with Crippen molar-refractivity contribution in [3.8, 4) is 22.3 Å². The second kappa shape index (κ2) is 6.96. The van der Waals surface area contributed by atoms with E-state index in [1.165, 1.54) is 17.2 Å². The fourth-order valence-corrected chi connectivity index (χ4v) is 3.03. The molecule has 0 aliphatic heterocycles. The molecule has 1 heterocycles. The summed E-state index contributed by atoms with van der Waals surface area (Å²) in [4.78, 5) is 16.3. The minimum Gasteiger partial charge on any atom is -0.378 e. The quantitative estimate of drug-likeness (QED) is 0.492. The Bertz CT molecular complexity index is 946. The smallest absolute Gasteiger partial charge is 0.363 e. The molecule has 2 aromatic carbocycles. The average molecular weight is 347 g/mol. The van der Waals surface area contributed by atoms with Gasteiger partial charge in [-0.1, -0.05) is 24.3 Å². The highest BCUT2D eigenvalue weighted by molar-refractivity contribution is 5.77. The van der Waals surface area contributed by atoms with Crippen molar-refractivity contribution in [3.63, 3.8) is 0 Å². The SMILES string of the molecule is Cc1cc(-c2ccc([N+](=O)[O-])nc2)c(C)cc1-c1ccc(N(C)C)cc1. The number of aromatic nitrogens is 1. The summed E-state index contributed by atoms with van der Waals surface area (Å²) in [5.41, 5.74) is 7.71. The highest BCUT2D eigenvalue weighted by atomic mass is 16.6. The van der Waals surface area contributed by atoms with Crippen molar-refractivity contribution in [1.29, 1.82) is 0 Å². The van der Waals surface area contributed by atoms with Gasteiger partial charge in [-0.25, -0.2) is 0 Å². The van der Waals surface area contributed by atoms with Crippen LogP contribution in [0.5, 0.6) is 0 Å². The van der Waals surface area contributed by atoms with E-state index in [1.54, 1.807) is 12.3 Å². The molecule has 0 aliphatic rings. The molecular formula is C21H21N3O2. The van der Waals surface area contributed by atoms with Gasteiger partial charge < -0.3 is 15.0 Å². The van der Waals surface area contributed by atoms with Gasteiger partial charge in [-0.2, -0.15) is 0 Å². The van der Waals surface area contributed by atoms with Gasteiger partial charge in [-0.3, -0.25) is 0 Å². The van der Waals surface area contributed by atoms with Crippen molar-refractivity contribution in [1.82, 2.24) is 4.98 Å². The van der Waals surface area contributed by atoms with Crippen LogP contribution in [0.1, 0.15) is 11.1 Å². The van der Waals surface area contributed by atoms with E-state index in [4.69, 9.17) is 0 Å². The van der Waals surface area contributed by atoms with Crippen LogP contribution in [0, 0.1) is 24.0 Å². The third-order valence-corrected chi connectivity index (χ3v) is 4.51. The van der Waals surface area contributed by atoms with Crippen molar-refractivity contribution < 1.29 is 4.92 Å². The largest absolute Gasteiger partial charge is 0.378 e. The molecule has 0 aliphatic carbocycles. The van der Waals surface area contributed by atoms with Crippen molar-refractivity contribution in [2.24, 2.45) is 0 Å². The fourth-order valence-electron chi connectivity index (χ4n) is 3.03. The molecule has 0 fully saturated rings. The summed E-state index contributed by atoms with van der Waals surface area (Å²) in [7, 11) is 4.05. The number of hydrogen-bond acceptors (Lipinski definition) is 4. The highest BCUT2D eigenvalue weighted by Gasteiger charge is 2.12. The standard InChI is InChI=1S/C21H21N3O2/c1-14-12-20(17-7-10-21(22-13-17)24(25)26)15(2)11-19(14)16-5-8-18(9-6-16)23(3)4/h5-13H,1-4H3. The van der Waals surface area contributed by atoms with Gasteiger partial charge in [0.25, 0.3) is 0 Å². The van der Waals surface area contributed by atoms with Gasteiger partial charge in [0.2, 0.25) is 0 Å². The van der Waals surface area contributed by atoms with E-state index in [0.717, 1.165) is 27.9 Å². The van der Waals surface area contributed by atoms with E-state index >= 15 is 0 Å². The number of anilines is 1. The first-order chi connectivity index (χ1) is 12.4. The predicted octanol–water partition coefficient (Wildman–Crippen LogP) is 5.01. The molecule has 0 atom stereocenters. The lowest BCUT2D eigenvalue weighted by Gasteiger charge is -2.15. The van der Waals surface area contributed by atoms with Crippen molar-refractivity contribution in [3.05, 3.63) is 76.0 Å². The Balaban J connectivity index is 1.99. The van der Waals surface area contributed by atoms with Crippen molar-refractivity contribution in [2.75, 3.05) is 19.0 Å².